The molecular formula is C21H30N4O2. The van der Waals surface area contributed by atoms with Crippen LogP contribution in [0.2, 0.25) is 0 Å². The van der Waals surface area contributed by atoms with Crippen molar-refractivity contribution in [2.75, 3.05) is 37.7 Å². The van der Waals surface area contributed by atoms with Gasteiger partial charge in [-0.25, -0.2) is 0 Å². The van der Waals surface area contributed by atoms with Gasteiger partial charge in [0.15, 0.2) is 5.82 Å². The molecule has 0 aliphatic carbocycles. The van der Waals surface area contributed by atoms with Gasteiger partial charge in [0.25, 0.3) is 0 Å². The molecular weight excluding hydrogens is 340 g/mol. The molecule has 1 aromatic heterocycles. The van der Waals surface area contributed by atoms with Crippen LogP contribution in [0, 0.1) is 12.8 Å². The van der Waals surface area contributed by atoms with Gasteiger partial charge in [0, 0.05) is 31.4 Å². The molecule has 1 aliphatic heterocycles. The van der Waals surface area contributed by atoms with Crippen LogP contribution >= 0.6 is 0 Å². The van der Waals surface area contributed by atoms with Crippen LogP contribution in [-0.2, 0) is 16.1 Å². The van der Waals surface area contributed by atoms with Crippen molar-refractivity contribution in [2.45, 2.75) is 33.7 Å². The minimum absolute atomic E-state index is 0.00198. The Morgan fingerprint density at radius 2 is 1.93 bits per heavy atom. The standard InChI is InChI=1S/C21H30N4O2/c1-16(2)8-9-22-20(26)15-25-14-19(18-6-4-17(3)5-7-18)21(23-25)24-10-12-27-13-11-24/h4-7,14,16H,8-13,15H2,1-3H3,(H,22,26). The topological polar surface area (TPSA) is 59.4 Å². The first kappa shape index (κ1) is 19.4. The van der Waals surface area contributed by atoms with Gasteiger partial charge in [0.2, 0.25) is 5.91 Å². The average molecular weight is 370 g/mol. The number of hydrogen-bond donors (Lipinski definition) is 1. The van der Waals surface area contributed by atoms with E-state index >= 15 is 0 Å². The van der Waals surface area contributed by atoms with Gasteiger partial charge >= 0.3 is 0 Å². The fourth-order valence-corrected chi connectivity index (χ4v) is 3.14. The zero-order valence-electron chi connectivity index (χ0n) is 16.6. The Hall–Kier alpha value is -2.34. The third-order valence-corrected chi connectivity index (χ3v) is 4.76. The molecule has 27 heavy (non-hydrogen) atoms. The fourth-order valence-electron chi connectivity index (χ4n) is 3.14. The number of anilines is 1. The molecule has 146 valence electrons. The zero-order valence-corrected chi connectivity index (χ0v) is 16.6. The van der Waals surface area contributed by atoms with Crippen molar-refractivity contribution in [1.82, 2.24) is 15.1 Å². The van der Waals surface area contributed by atoms with E-state index in [1.807, 2.05) is 6.20 Å². The number of carbonyl (C=O) groups excluding carboxylic acids is 1. The van der Waals surface area contributed by atoms with Gasteiger partial charge < -0.3 is 15.0 Å². The average Bonchev–Trinajstić information content (AvgIpc) is 3.06. The van der Waals surface area contributed by atoms with Crippen molar-refractivity contribution >= 4 is 11.7 Å². The highest BCUT2D eigenvalue weighted by atomic mass is 16.5. The number of nitrogens with zero attached hydrogens (tertiary/aromatic N) is 3. The highest BCUT2D eigenvalue weighted by Crippen LogP contribution is 2.30. The molecule has 1 aliphatic rings. The molecule has 0 bridgehead atoms. The van der Waals surface area contributed by atoms with Gasteiger partial charge in [0.1, 0.15) is 6.54 Å². The molecule has 0 unspecified atom stereocenters. The third-order valence-electron chi connectivity index (χ3n) is 4.76. The molecule has 1 amide bonds. The third kappa shape index (κ3) is 5.32. The SMILES string of the molecule is Cc1ccc(-c2cn(CC(=O)NCCC(C)C)nc2N2CCOCC2)cc1. The molecule has 6 nitrogen and oxygen atoms in total. The summed E-state index contributed by atoms with van der Waals surface area (Å²) in [5.41, 5.74) is 3.41. The van der Waals surface area contributed by atoms with E-state index in [-0.39, 0.29) is 12.5 Å². The summed E-state index contributed by atoms with van der Waals surface area (Å²) in [4.78, 5) is 14.5. The number of carbonyl (C=O) groups is 1. The molecule has 0 spiro atoms. The van der Waals surface area contributed by atoms with Crippen molar-refractivity contribution in [3.05, 3.63) is 36.0 Å². The first-order valence-electron chi connectivity index (χ1n) is 9.77. The van der Waals surface area contributed by atoms with Gasteiger partial charge in [0.05, 0.1) is 13.2 Å². The number of benzene rings is 1. The maximum atomic E-state index is 12.3. The molecule has 1 fully saturated rings. The van der Waals surface area contributed by atoms with Crippen LogP contribution in [0.1, 0.15) is 25.8 Å². The zero-order chi connectivity index (χ0) is 19.2. The second-order valence-corrected chi connectivity index (χ2v) is 7.56. The predicted molar refractivity (Wildman–Crippen MR) is 108 cm³/mol. The number of aromatic nitrogens is 2. The Morgan fingerprint density at radius 1 is 1.22 bits per heavy atom. The summed E-state index contributed by atoms with van der Waals surface area (Å²) in [5, 5.41) is 7.73. The highest BCUT2D eigenvalue weighted by molar-refractivity contribution is 5.78. The molecule has 1 saturated heterocycles. The minimum Gasteiger partial charge on any atom is -0.378 e. The number of morpholine rings is 1. The van der Waals surface area contributed by atoms with E-state index in [1.165, 1.54) is 5.56 Å². The summed E-state index contributed by atoms with van der Waals surface area (Å²) >= 11 is 0. The van der Waals surface area contributed by atoms with Crippen LogP contribution in [0.15, 0.2) is 30.5 Å². The van der Waals surface area contributed by atoms with Crippen molar-refractivity contribution < 1.29 is 9.53 Å². The Kier molecular flexibility index (Phi) is 6.50. The molecule has 1 aromatic carbocycles. The first-order chi connectivity index (χ1) is 13.0. The smallest absolute Gasteiger partial charge is 0.241 e. The Balaban J connectivity index is 1.78. The normalized spacial score (nSPS) is 14.6. The van der Waals surface area contributed by atoms with Crippen LogP contribution in [0.3, 0.4) is 0 Å². The minimum atomic E-state index is 0.00198. The monoisotopic (exact) mass is 370 g/mol. The second-order valence-electron chi connectivity index (χ2n) is 7.56. The Bertz CT molecular complexity index is 746. The number of hydrogen-bond acceptors (Lipinski definition) is 4. The lowest BCUT2D eigenvalue weighted by molar-refractivity contribution is -0.121. The predicted octanol–water partition coefficient (Wildman–Crippen LogP) is 2.86. The molecule has 2 heterocycles. The summed E-state index contributed by atoms with van der Waals surface area (Å²) < 4.78 is 7.23. The number of nitrogens with one attached hydrogen (secondary N) is 1. The van der Waals surface area contributed by atoms with Gasteiger partial charge in [-0.3, -0.25) is 9.48 Å². The summed E-state index contributed by atoms with van der Waals surface area (Å²) in [7, 11) is 0. The van der Waals surface area contributed by atoms with Crippen molar-refractivity contribution in [2.24, 2.45) is 5.92 Å². The van der Waals surface area contributed by atoms with E-state index in [0.29, 0.717) is 25.7 Å². The molecule has 0 radical (unpaired) electrons. The molecule has 0 atom stereocenters. The lowest BCUT2D eigenvalue weighted by Crippen LogP contribution is -2.37. The van der Waals surface area contributed by atoms with E-state index in [1.54, 1.807) is 4.68 Å². The van der Waals surface area contributed by atoms with Gasteiger partial charge in [-0.1, -0.05) is 43.7 Å². The maximum Gasteiger partial charge on any atom is 0.241 e. The van der Waals surface area contributed by atoms with Crippen LogP contribution < -0.4 is 10.2 Å². The summed E-state index contributed by atoms with van der Waals surface area (Å²) in [6.45, 7) is 10.4. The molecule has 1 N–H and O–H groups in total. The van der Waals surface area contributed by atoms with Gasteiger partial charge in [-0.2, -0.15) is 5.10 Å². The van der Waals surface area contributed by atoms with E-state index in [4.69, 9.17) is 9.84 Å². The van der Waals surface area contributed by atoms with Crippen LogP contribution in [0.4, 0.5) is 5.82 Å². The van der Waals surface area contributed by atoms with Crippen LogP contribution in [0.5, 0.6) is 0 Å². The summed E-state index contributed by atoms with van der Waals surface area (Å²) in [6, 6.07) is 8.44. The maximum absolute atomic E-state index is 12.3. The van der Waals surface area contributed by atoms with Crippen molar-refractivity contribution in [3.8, 4) is 11.1 Å². The van der Waals surface area contributed by atoms with E-state index in [0.717, 1.165) is 36.5 Å². The lowest BCUT2D eigenvalue weighted by Gasteiger charge is -2.27. The van der Waals surface area contributed by atoms with Crippen LogP contribution in [-0.4, -0.2) is 48.5 Å². The van der Waals surface area contributed by atoms with E-state index in [9.17, 15) is 4.79 Å². The quantitative estimate of drug-likeness (QED) is 0.814. The van der Waals surface area contributed by atoms with Crippen molar-refractivity contribution in [3.63, 3.8) is 0 Å². The highest BCUT2D eigenvalue weighted by Gasteiger charge is 2.20. The van der Waals surface area contributed by atoms with Crippen LogP contribution in [0.25, 0.3) is 11.1 Å². The lowest BCUT2D eigenvalue weighted by atomic mass is 10.1. The number of ether oxygens (including phenoxy) is 1. The Labute approximate surface area is 161 Å². The molecule has 0 saturated carbocycles. The first-order valence-corrected chi connectivity index (χ1v) is 9.77. The summed E-state index contributed by atoms with van der Waals surface area (Å²) in [5.74, 6) is 1.51. The number of rotatable bonds is 7. The van der Waals surface area contributed by atoms with E-state index < -0.39 is 0 Å². The number of amides is 1. The Morgan fingerprint density at radius 3 is 2.59 bits per heavy atom. The largest absolute Gasteiger partial charge is 0.378 e. The molecule has 2 aromatic rings. The molecule has 3 rings (SSSR count). The van der Waals surface area contributed by atoms with Crippen molar-refractivity contribution in [1.29, 1.82) is 0 Å². The molecule has 6 heteroatoms. The summed E-state index contributed by atoms with van der Waals surface area (Å²) in [6.07, 6.45) is 2.97. The van der Waals surface area contributed by atoms with E-state index in [2.05, 4.69) is 55.3 Å². The second kappa shape index (κ2) is 9.04. The van der Waals surface area contributed by atoms with Gasteiger partial charge in [-0.05, 0) is 24.8 Å². The number of aryl methyl sites for hydroxylation is 1. The fraction of sp³-hybridized carbons (Fsp3) is 0.524. The van der Waals surface area contributed by atoms with Gasteiger partial charge in [-0.15, -0.1) is 0 Å².